The first-order chi connectivity index (χ1) is 15.0. The summed E-state index contributed by atoms with van der Waals surface area (Å²) in [6.45, 7) is -0.473. The summed E-state index contributed by atoms with van der Waals surface area (Å²) in [5.74, 6) is -0.552. The number of thiophene rings is 1. The second-order valence-corrected chi connectivity index (χ2v) is 7.23. The van der Waals surface area contributed by atoms with Gasteiger partial charge in [-0.2, -0.15) is 0 Å². The predicted octanol–water partition coefficient (Wildman–Crippen LogP) is 4.63. The molecule has 31 heavy (non-hydrogen) atoms. The van der Waals surface area contributed by atoms with E-state index in [1.807, 2.05) is 5.38 Å². The summed E-state index contributed by atoms with van der Waals surface area (Å²) in [5, 5.41) is 4.47. The van der Waals surface area contributed by atoms with Crippen LogP contribution < -0.4 is 14.8 Å². The molecule has 0 aliphatic heterocycles. The number of nitrogens with one attached hydrogen (secondary N) is 1. The van der Waals surface area contributed by atoms with Crippen molar-refractivity contribution in [1.82, 2.24) is 0 Å². The lowest BCUT2D eigenvalue weighted by Gasteiger charge is -2.11. The first-order valence-corrected chi connectivity index (χ1v) is 10.1. The third-order valence-electron chi connectivity index (χ3n) is 4.19. The van der Waals surface area contributed by atoms with Crippen LogP contribution in [-0.2, 0) is 14.3 Å². The van der Waals surface area contributed by atoms with Crippen LogP contribution in [0.25, 0.3) is 11.6 Å². The molecule has 0 spiro atoms. The van der Waals surface area contributed by atoms with Crippen LogP contribution >= 0.6 is 11.3 Å². The van der Waals surface area contributed by atoms with Crippen LogP contribution in [0.3, 0.4) is 0 Å². The maximum atomic E-state index is 13.2. The molecular weight excluding hydrogens is 421 g/mol. The first-order valence-electron chi connectivity index (χ1n) is 9.20. The van der Waals surface area contributed by atoms with E-state index in [1.165, 1.54) is 37.7 Å². The van der Waals surface area contributed by atoms with Gasteiger partial charge in [-0.15, -0.1) is 11.3 Å². The molecule has 1 heterocycles. The number of hydrogen-bond donors (Lipinski definition) is 1. The maximum absolute atomic E-state index is 13.2. The van der Waals surface area contributed by atoms with Gasteiger partial charge in [0.25, 0.3) is 5.91 Å². The maximum Gasteiger partial charge on any atom is 0.340 e. The number of rotatable bonds is 8. The summed E-state index contributed by atoms with van der Waals surface area (Å²) < 4.78 is 28.7. The lowest BCUT2D eigenvalue weighted by atomic mass is 10.1. The van der Waals surface area contributed by atoms with Crippen molar-refractivity contribution < 1.29 is 28.2 Å². The van der Waals surface area contributed by atoms with Crippen LogP contribution in [0, 0.1) is 5.82 Å². The number of hydrogen-bond acceptors (Lipinski definition) is 6. The van der Waals surface area contributed by atoms with Crippen LogP contribution in [0.5, 0.6) is 11.5 Å². The number of methoxy groups -OCH3 is 2. The fourth-order valence-electron chi connectivity index (χ4n) is 2.71. The Labute approximate surface area is 182 Å². The average molecular weight is 441 g/mol. The number of halogens is 1. The molecule has 1 aromatic heterocycles. The van der Waals surface area contributed by atoms with Gasteiger partial charge in [0.1, 0.15) is 5.82 Å². The SMILES string of the molecule is COc1ccc(NC(=O)COC(=O)/C(=C/c2ccc(F)cc2)c2cccs2)cc1OC. The van der Waals surface area contributed by atoms with E-state index in [1.54, 1.807) is 48.5 Å². The third-order valence-corrected chi connectivity index (χ3v) is 5.09. The van der Waals surface area contributed by atoms with Gasteiger partial charge in [0, 0.05) is 16.6 Å². The first kappa shape index (κ1) is 22.0. The fraction of sp³-hybridized carbons (Fsp3) is 0.130. The van der Waals surface area contributed by atoms with E-state index in [0.29, 0.717) is 27.6 Å². The topological polar surface area (TPSA) is 73.9 Å². The van der Waals surface area contributed by atoms with Gasteiger partial charge in [0.2, 0.25) is 0 Å². The van der Waals surface area contributed by atoms with Gasteiger partial charge in [-0.25, -0.2) is 9.18 Å². The van der Waals surface area contributed by atoms with Gasteiger partial charge >= 0.3 is 5.97 Å². The molecule has 0 unspecified atom stereocenters. The predicted molar refractivity (Wildman–Crippen MR) is 118 cm³/mol. The zero-order chi connectivity index (χ0) is 22.2. The molecule has 0 radical (unpaired) electrons. The van der Waals surface area contributed by atoms with Crippen LogP contribution in [0.4, 0.5) is 10.1 Å². The second kappa shape index (κ2) is 10.4. The Morgan fingerprint density at radius 2 is 1.77 bits per heavy atom. The molecule has 1 N–H and O–H groups in total. The molecule has 8 heteroatoms. The zero-order valence-electron chi connectivity index (χ0n) is 16.9. The molecule has 2 aromatic carbocycles. The van der Waals surface area contributed by atoms with E-state index < -0.39 is 18.5 Å². The molecule has 0 saturated carbocycles. The Balaban J connectivity index is 1.68. The van der Waals surface area contributed by atoms with Crippen molar-refractivity contribution in [1.29, 1.82) is 0 Å². The molecule has 1 amide bonds. The Bertz CT molecular complexity index is 1080. The number of benzene rings is 2. The molecule has 0 atom stereocenters. The van der Waals surface area contributed by atoms with E-state index in [0.717, 1.165) is 0 Å². The zero-order valence-corrected chi connectivity index (χ0v) is 17.7. The van der Waals surface area contributed by atoms with E-state index in [9.17, 15) is 14.0 Å². The van der Waals surface area contributed by atoms with Crippen molar-refractivity contribution in [2.75, 3.05) is 26.1 Å². The van der Waals surface area contributed by atoms with Crippen LogP contribution in [0.15, 0.2) is 60.0 Å². The van der Waals surface area contributed by atoms with Gasteiger partial charge in [-0.3, -0.25) is 4.79 Å². The van der Waals surface area contributed by atoms with E-state index in [2.05, 4.69) is 5.32 Å². The summed E-state index contributed by atoms with van der Waals surface area (Å²) in [5.41, 5.74) is 1.39. The van der Waals surface area contributed by atoms with Crippen LogP contribution in [-0.4, -0.2) is 32.7 Å². The van der Waals surface area contributed by atoms with Gasteiger partial charge in [-0.05, 0) is 47.4 Å². The fourth-order valence-corrected chi connectivity index (χ4v) is 3.44. The van der Waals surface area contributed by atoms with Crippen molar-refractivity contribution in [3.05, 3.63) is 76.2 Å². The third kappa shape index (κ3) is 5.93. The number of ether oxygens (including phenoxy) is 3. The van der Waals surface area contributed by atoms with Gasteiger partial charge in [0.05, 0.1) is 19.8 Å². The van der Waals surface area contributed by atoms with E-state index in [4.69, 9.17) is 14.2 Å². The highest BCUT2D eigenvalue weighted by atomic mass is 32.1. The molecule has 0 aliphatic rings. The highest BCUT2D eigenvalue weighted by molar-refractivity contribution is 7.11. The largest absolute Gasteiger partial charge is 0.493 e. The number of anilines is 1. The molecular formula is C23H20FNO5S. The van der Waals surface area contributed by atoms with E-state index >= 15 is 0 Å². The monoisotopic (exact) mass is 441 g/mol. The minimum Gasteiger partial charge on any atom is -0.493 e. The molecule has 0 saturated heterocycles. The van der Waals surface area contributed by atoms with Gasteiger partial charge in [0.15, 0.2) is 18.1 Å². The van der Waals surface area contributed by atoms with Crippen LogP contribution in [0.1, 0.15) is 10.4 Å². The van der Waals surface area contributed by atoms with Crippen molar-refractivity contribution in [2.45, 2.75) is 0 Å². The van der Waals surface area contributed by atoms with Crippen molar-refractivity contribution in [3.8, 4) is 11.5 Å². The molecule has 0 fully saturated rings. The lowest BCUT2D eigenvalue weighted by Crippen LogP contribution is -2.21. The van der Waals surface area contributed by atoms with Gasteiger partial charge in [-0.1, -0.05) is 18.2 Å². The molecule has 0 aliphatic carbocycles. The summed E-state index contributed by atoms with van der Waals surface area (Å²) >= 11 is 1.36. The Kier molecular flexibility index (Phi) is 7.40. The molecule has 3 rings (SSSR count). The van der Waals surface area contributed by atoms with Crippen LogP contribution in [0.2, 0.25) is 0 Å². The molecule has 6 nitrogen and oxygen atoms in total. The average Bonchev–Trinajstić information content (AvgIpc) is 3.31. The number of amides is 1. The molecule has 3 aromatic rings. The molecule has 0 bridgehead atoms. The van der Waals surface area contributed by atoms with Gasteiger partial charge < -0.3 is 19.5 Å². The Hall–Kier alpha value is -3.65. The van der Waals surface area contributed by atoms with E-state index in [-0.39, 0.29) is 11.4 Å². The number of carbonyl (C=O) groups excluding carboxylic acids is 2. The quantitative estimate of drug-likeness (QED) is 0.408. The second-order valence-electron chi connectivity index (χ2n) is 6.28. The Morgan fingerprint density at radius 1 is 1.03 bits per heavy atom. The number of carbonyl (C=O) groups is 2. The van der Waals surface area contributed by atoms with Crippen molar-refractivity contribution >= 4 is 40.5 Å². The minimum atomic E-state index is -0.658. The Morgan fingerprint density at radius 3 is 2.42 bits per heavy atom. The minimum absolute atomic E-state index is 0.278. The summed E-state index contributed by atoms with van der Waals surface area (Å²) in [6, 6.07) is 14.2. The normalized spacial score (nSPS) is 11.0. The summed E-state index contributed by atoms with van der Waals surface area (Å²) in [7, 11) is 3.00. The smallest absolute Gasteiger partial charge is 0.340 e. The summed E-state index contributed by atoms with van der Waals surface area (Å²) in [6.07, 6.45) is 1.60. The highest BCUT2D eigenvalue weighted by Gasteiger charge is 2.17. The standard InChI is InChI=1S/C23H20FNO5S/c1-28-19-10-9-17(13-20(19)29-2)25-22(26)14-30-23(27)18(21-4-3-11-31-21)12-15-5-7-16(24)8-6-15/h3-13H,14H2,1-2H3,(H,25,26)/b18-12+. The molecule has 160 valence electrons. The lowest BCUT2D eigenvalue weighted by molar-refractivity contribution is -0.141. The van der Waals surface area contributed by atoms with Crippen molar-refractivity contribution in [3.63, 3.8) is 0 Å². The highest BCUT2D eigenvalue weighted by Crippen LogP contribution is 2.29. The summed E-state index contributed by atoms with van der Waals surface area (Å²) in [4.78, 5) is 25.6. The van der Waals surface area contributed by atoms with Crippen molar-refractivity contribution in [2.24, 2.45) is 0 Å². The number of esters is 1.